The van der Waals surface area contributed by atoms with Gasteiger partial charge in [0.25, 0.3) is 0 Å². The van der Waals surface area contributed by atoms with Gasteiger partial charge in [-0.15, -0.1) is 0 Å². The predicted molar refractivity (Wildman–Crippen MR) is 74.5 cm³/mol. The molecule has 3 nitrogen and oxygen atoms in total. The standard InChI is InChI=1S/C13H26N2OS/c1-10-4-6-15(8-12(10)16-3)13(9-14)5-7-17-11(13)2/h10-12H,4-9,14H2,1-3H3. The maximum Gasteiger partial charge on any atom is 0.0724 e. The predicted octanol–water partition coefficient (Wildman–Crippen LogP) is 1.57. The maximum absolute atomic E-state index is 6.12. The SMILES string of the molecule is COC1CN(C2(CN)CCSC2C)CCC1C. The lowest BCUT2D eigenvalue weighted by Crippen LogP contribution is -2.62. The number of nitrogens with zero attached hydrogens (tertiary/aromatic N) is 1. The van der Waals surface area contributed by atoms with E-state index in [1.165, 1.54) is 25.1 Å². The van der Waals surface area contributed by atoms with Crippen LogP contribution in [0.1, 0.15) is 26.7 Å². The van der Waals surface area contributed by atoms with Crippen molar-refractivity contribution in [1.29, 1.82) is 0 Å². The molecule has 4 unspecified atom stereocenters. The highest BCUT2D eigenvalue weighted by Gasteiger charge is 2.46. The molecule has 2 heterocycles. The third-order valence-corrected chi connectivity index (χ3v) is 6.21. The van der Waals surface area contributed by atoms with Crippen molar-refractivity contribution in [2.75, 3.05) is 32.5 Å². The Bertz CT molecular complexity index is 264. The van der Waals surface area contributed by atoms with Gasteiger partial charge in [-0.05, 0) is 31.1 Å². The third kappa shape index (κ3) is 2.37. The summed E-state index contributed by atoms with van der Waals surface area (Å²) in [6.07, 6.45) is 2.85. The Balaban J connectivity index is 2.10. The van der Waals surface area contributed by atoms with Crippen LogP contribution in [0.25, 0.3) is 0 Å². The van der Waals surface area contributed by atoms with Gasteiger partial charge in [-0.3, -0.25) is 4.90 Å². The fourth-order valence-electron chi connectivity index (χ4n) is 3.33. The molecule has 0 radical (unpaired) electrons. The van der Waals surface area contributed by atoms with E-state index >= 15 is 0 Å². The van der Waals surface area contributed by atoms with Gasteiger partial charge in [-0.1, -0.05) is 13.8 Å². The number of hydrogen-bond acceptors (Lipinski definition) is 4. The van der Waals surface area contributed by atoms with E-state index in [-0.39, 0.29) is 5.54 Å². The first-order chi connectivity index (χ1) is 8.14. The fourth-order valence-corrected chi connectivity index (χ4v) is 4.83. The number of methoxy groups -OCH3 is 1. The van der Waals surface area contributed by atoms with Gasteiger partial charge in [0.05, 0.1) is 6.10 Å². The second-order valence-corrected chi connectivity index (χ2v) is 7.01. The molecular formula is C13H26N2OS. The van der Waals surface area contributed by atoms with Crippen LogP contribution >= 0.6 is 11.8 Å². The minimum Gasteiger partial charge on any atom is -0.380 e. The Morgan fingerprint density at radius 2 is 2.24 bits per heavy atom. The molecule has 2 aliphatic heterocycles. The van der Waals surface area contributed by atoms with Gasteiger partial charge in [0.1, 0.15) is 0 Å². The first-order valence-corrected chi connectivity index (χ1v) is 7.78. The van der Waals surface area contributed by atoms with Gasteiger partial charge in [0.2, 0.25) is 0 Å². The average Bonchev–Trinajstić information content (AvgIpc) is 2.72. The molecule has 2 N–H and O–H groups in total. The summed E-state index contributed by atoms with van der Waals surface area (Å²) in [5.74, 6) is 1.93. The molecule has 0 aromatic rings. The van der Waals surface area contributed by atoms with Crippen molar-refractivity contribution in [2.24, 2.45) is 11.7 Å². The second kappa shape index (κ2) is 5.47. The third-order valence-electron chi connectivity index (χ3n) is 4.83. The molecule has 0 bridgehead atoms. The van der Waals surface area contributed by atoms with Crippen LogP contribution < -0.4 is 5.73 Å². The Morgan fingerprint density at radius 3 is 2.76 bits per heavy atom. The Labute approximate surface area is 109 Å². The summed E-state index contributed by atoms with van der Waals surface area (Å²) in [4.78, 5) is 2.62. The number of nitrogens with two attached hydrogens (primary N) is 1. The maximum atomic E-state index is 6.12. The van der Waals surface area contributed by atoms with Crippen LogP contribution in [0.4, 0.5) is 0 Å². The number of ether oxygens (including phenoxy) is 1. The Hall–Kier alpha value is 0.230. The van der Waals surface area contributed by atoms with Gasteiger partial charge >= 0.3 is 0 Å². The smallest absolute Gasteiger partial charge is 0.0724 e. The molecule has 0 amide bonds. The van der Waals surface area contributed by atoms with Crippen LogP contribution in [0.15, 0.2) is 0 Å². The second-order valence-electron chi connectivity index (χ2n) is 5.56. The van der Waals surface area contributed by atoms with Gasteiger partial charge in [0.15, 0.2) is 0 Å². The van der Waals surface area contributed by atoms with Crippen molar-refractivity contribution >= 4 is 11.8 Å². The van der Waals surface area contributed by atoms with Crippen molar-refractivity contribution in [3.05, 3.63) is 0 Å². The zero-order valence-corrected chi connectivity index (χ0v) is 12.1. The highest BCUT2D eigenvalue weighted by molar-refractivity contribution is 8.00. The molecule has 0 saturated carbocycles. The molecule has 2 fully saturated rings. The zero-order chi connectivity index (χ0) is 12.5. The lowest BCUT2D eigenvalue weighted by atomic mass is 9.85. The minimum absolute atomic E-state index is 0.224. The monoisotopic (exact) mass is 258 g/mol. The molecule has 0 aliphatic carbocycles. The van der Waals surface area contributed by atoms with Gasteiger partial charge in [0, 0.05) is 31.0 Å². The molecule has 0 aromatic heterocycles. The lowest BCUT2D eigenvalue weighted by molar-refractivity contribution is -0.0433. The Kier molecular flexibility index (Phi) is 4.40. The number of likely N-dealkylation sites (tertiary alicyclic amines) is 1. The van der Waals surface area contributed by atoms with Crippen LogP contribution in [0.5, 0.6) is 0 Å². The van der Waals surface area contributed by atoms with Crippen molar-refractivity contribution in [3.8, 4) is 0 Å². The molecule has 2 rings (SSSR count). The molecule has 4 heteroatoms. The first kappa shape index (κ1) is 13.7. The van der Waals surface area contributed by atoms with Crippen LogP contribution in [0.2, 0.25) is 0 Å². The summed E-state index contributed by atoms with van der Waals surface area (Å²) in [6.45, 7) is 7.66. The fraction of sp³-hybridized carbons (Fsp3) is 1.00. The molecule has 100 valence electrons. The number of rotatable bonds is 3. The van der Waals surface area contributed by atoms with Crippen LogP contribution in [0.3, 0.4) is 0 Å². The normalized spacial score (nSPS) is 44.1. The molecule has 2 saturated heterocycles. The van der Waals surface area contributed by atoms with Gasteiger partial charge in [-0.2, -0.15) is 11.8 Å². The summed E-state index contributed by atoms with van der Waals surface area (Å²) >= 11 is 2.07. The van der Waals surface area contributed by atoms with E-state index in [2.05, 4.69) is 30.5 Å². The molecular weight excluding hydrogens is 232 g/mol. The van der Waals surface area contributed by atoms with Crippen molar-refractivity contribution < 1.29 is 4.74 Å². The van der Waals surface area contributed by atoms with E-state index in [1.807, 2.05) is 7.11 Å². The van der Waals surface area contributed by atoms with Gasteiger partial charge < -0.3 is 10.5 Å². The Morgan fingerprint density at radius 1 is 1.47 bits per heavy atom. The summed E-state index contributed by atoms with van der Waals surface area (Å²) in [6, 6.07) is 0. The molecule has 17 heavy (non-hydrogen) atoms. The quantitative estimate of drug-likeness (QED) is 0.834. The largest absolute Gasteiger partial charge is 0.380 e. The zero-order valence-electron chi connectivity index (χ0n) is 11.3. The van der Waals surface area contributed by atoms with E-state index in [1.54, 1.807) is 0 Å². The molecule has 2 aliphatic rings. The number of thioether (sulfide) groups is 1. The van der Waals surface area contributed by atoms with Crippen LogP contribution in [0, 0.1) is 5.92 Å². The van der Waals surface area contributed by atoms with E-state index in [0.29, 0.717) is 17.3 Å². The van der Waals surface area contributed by atoms with Crippen LogP contribution in [-0.2, 0) is 4.74 Å². The molecule has 0 spiro atoms. The van der Waals surface area contributed by atoms with E-state index in [9.17, 15) is 0 Å². The average molecular weight is 258 g/mol. The number of hydrogen-bond donors (Lipinski definition) is 1. The summed E-state index contributed by atoms with van der Waals surface area (Å²) in [5, 5.41) is 0.651. The minimum atomic E-state index is 0.224. The van der Waals surface area contributed by atoms with E-state index in [0.717, 1.165) is 13.1 Å². The van der Waals surface area contributed by atoms with Crippen LogP contribution in [-0.4, -0.2) is 54.3 Å². The lowest BCUT2D eigenvalue weighted by Gasteiger charge is -2.48. The van der Waals surface area contributed by atoms with E-state index in [4.69, 9.17) is 10.5 Å². The van der Waals surface area contributed by atoms with Crippen molar-refractivity contribution in [3.63, 3.8) is 0 Å². The van der Waals surface area contributed by atoms with Crippen molar-refractivity contribution in [1.82, 2.24) is 4.90 Å². The van der Waals surface area contributed by atoms with Crippen molar-refractivity contribution in [2.45, 2.75) is 43.6 Å². The highest BCUT2D eigenvalue weighted by Crippen LogP contribution is 2.41. The summed E-state index contributed by atoms with van der Waals surface area (Å²) in [5.41, 5.74) is 6.34. The summed E-state index contributed by atoms with van der Waals surface area (Å²) in [7, 11) is 1.84. The highest BCUT2D eigenvalue weighted by atomic mass is 32.2. The van der Waals surface area contributed by atoms with E-state index < -0.39 is 0 Å². The first-order valence-electron chi connectivity index (χ1n) is 6.73. The molecule has 0 aromatic carbocycles. The van der Waals surface area contributed by atoms with Gasteiger partial charge in [-0.25, -0.2) is 0 Å². The number of piperidine rings is 1. The topological polar surface area (TPSA) is 38.5 Å². The molecule has 4 atom stereocenters. The summed E-state index contributed by atoms with van der Waals surface area (Å²) < 4.78 is 5.63.